The van der Waals surface area contributed by atoms with E-state index >= 15 is 0 Å². The molecule has 1 aliphatic carbocycles. The Kier molecular flexibility index (Phi) is 3.66. The summed E-state index contributed by atoms with van der Waals surface area (Å²) in [5, 5.41) is 13.3. The molecule has 0 saturated heterocycles. The van der Waals surface area contributed by atoms with Gasteiger partial charge in [0.2, 0.25) is 0 Å². The van der Waals surface area contributed by atoms with E-state index in [9.17, 15) is 4.79 Å². The van der Waals surface area contributed by atoms with Gasteiger partial charge in [0, 0.05) is 10.9 Å². The molecule has 0 amide bonds. The summed E-state index contributed by atoms with van der Waals surface area (Å²) in [7, 11) is 0. The van der Waals surface area contributed by atoms with Crippen molar-refractivity contribution in [1.29, 1.82) is 0 Å². The van der Waals surface area contributed by atoms with Gasteiger partial charge in [-0.25, -0.2) is 4.98 Å². The molecular weight excluding hydrogens is 236 g/mol. The molecule has 5 heteroatoms. The number of anilines is 1. The lowest BCUT2D eigenvalue weighted by atomic mass is 9.86. The summed E-state index contributed by atoms with van der Waals surface area (Å²) < 4.78 is 0. The first-order valence-corrected chi connectivity index (χ1v) is 6.81. The topological polar surface area (TPSA) is 62.2 Å². The van der Waals surface area contributed by atoms with E-state index < -0.39 is 5.97 Å². The number of carboxylic acids is 1. The first-order valence-electron chi connectivity index (χ1n) is 5.99. The largest absolute Gasteiger partial charge is 0.481 e. The quantitative estimate of drug-likeness (QED) is 0.870. The van der Waals surface area contributed by atoms with E-state index in [0.717, 1.165) is 36.5 Å². The molecule has 1 saturated carbocycles. The van der Waals surface area contributed by atoms with Crippen molar-refractivity contribution < 1.29 is 9.90 Å². The maximum Gasteiger partial charge on any atom is 0.306 e. The van der Waals surface area contributed by atoms with Crippen molar-refractivity contribution in [3.8, 4) is 0 Å². The van der Waals surface area contributed by atoms with Crippen LogP contribution in [0.2, 0.25) is 0 Å². The van der Waals surface area contributed by atoms with Crippen LogP contribution in [0, 0.1) is 19.8 Å². The third-order valence-corrected chi connectivity index (χ3v) is 4.44. The molecule has 1 aromatic heterocycles. The molecule has 0 unspecified atom stereocenters. The highest BCUT2D eigenvalue weighted by Crippen LogP contribution is 2.29. The number of nitrogens with zero attached hydrogens (tertiary/aromatic N) is 1. The van der Waals surface area contributed by atoms with Crippen LogP contribution in [0.25, 0.3) is 0 Å². The molecule has 1 aliphatic rings. The Morgan fingerprint density at radius 3 is 2.47 bits per heavy atom. The predicted molar refractivity (Wildman–Crippen MR) is 68.6 cm³/mol. The van der Waals surface area contributed by atoms with Crippen LogP contribution in [0.4, 0.5) is 5.13 Å². The first-order chi connectivity index (χ1) is 8.06. The Balaban J connectivity index is 1.88. The van der Waals surface area contributed by atoms with Gasteiger partial charge in [-0.15, -0.1) is 11.3 Å². The highest BCUT2D eigenvalue weighted by atomic mass is 32.1. The van der Waals surface area contributed by atoms with Crippen LogP contribution in [0.3, 0.4) is 0 Å². The van der Waals surface area contributed by atoms with Gasteiger partial charge in [0.1, 0.15) is 0 Å². The van der Waals surface area contributed by atoms with Crippen LogP contribution in [-0.4, -0.2) is 22.1 Å². The van der Waals surface area contributed by atoms with E-state index in [4.69, 9.17) is 5.11 Å². The summed E-state index contributed by atoms with van der Waals surface area (Å²) in [6.07, 6.45) is 3.40. The van der Waals surface area contributed by atoms with Gasteiger partial charge in [-0.1, -0.05) is 0 Å². The third-order valence-electron chi connectivity index (χ3n) is 3.43. The molecule has 0 spiro atoms. The Morgan fingerprint density at radius 1 is 1.35 bits per heavy atom. The van der Waals surface area contributed by atoms with Crippen molar-refractivity contribution in [3.05, 3.63) is 10.6 Å². The lowest BCUT2D eigenvalue weighted by Crippen LogP contribution is -2.29. The van der Waals surface area contributed by atoms with E-state index in [0.29, 0.717) is 6.04 Å². The number of carbonyl (C=O) groups is 1. The van der Waals surface area contributed by atoms with Crippen molar-refractivity contribution in [2.75, 3.05) is 5.32 Å². The average Bonchev–Trinajstić information content (AvgIpc) is 2.58. The second kappa shape index (κ2) is 5.04. The maximum atomic E-state index is 10.8. The minimum absolute atomic E-state index is 0.146. The Morgan fingerprint density at radius 2 is 2.00 bits per heavy atom. The summed E-state index contributed by atoms with van der Waals surface area (Å²) >= 11 is 1.68. The van der Waals surface area contributed by atoms with Crippen molar-refractivity contribution in [2.45, 2.75) is 45.6 Å². The Hall–Kier alpha value is -1.10. The van der Waals surface area contributed by atoms with Gasteiger partial charge in [-0.2, -0.15) is 0 Å². The second-order valence-corrected chi connectivity index (χ2v) is 5.89. The van der Waals surface area contributed by atoms with Gasteiger partial charge >= 0.3 is 5.97 Å². The molecule has 17 heavy (non-hydrogen) atoms. The number of nitrogens with one attached hydrogen (secondary N) is 1. The lowest BCUT2D eigenvalue weighted by molar-refractivity contribution is -0.142. The van der Waals surface area contributed by atoms with Crippen molar-refractivity contribution in [1.82, 2.24) is 4.98 Å². The molecule has 4 nitrogen and oxygen atoms in total. The molecule has 1 aromatic rings. The van der Waals surface area contributed by atoms with E-state index in [1.165, 1.54) is 4.88 Å². The van der Waals surface area contributed by atoms with Gasteiger partial charge in [-0.3, -0.25) is 4.79 Å². The van der Waals surface area contributed by atoms with Crippen LogP contribution in [0.5, 0.6) is 0 Å². The molecular formula is C12H18N2O2S. The molecule has 0 bridgehead atoms. The number of carboxylic acid groups (broad SMARTS) is 1. The van der Waals surface area contributed by atoms with Gasteiger partial charge in [0.25, 0.3) is 0 Å². The first kappa shape index (κ1) is 12.4. The second-order valence-electron chi connectivity index (χ2n) is 4.69. The summed E-state index contributed by atoms with van der Waals surface area (Å²) in [5.41, 5.74) is 1.08. The SMILES string of the molecule is Cc1nc(NC2CCC(C(=O)O)CC2)sc1C. The van der Waals surface area contributed by atoms with E-state index in [1.807, 2.05) is 6.92 Å². The zero-order chi connectivity index (χ0) is 12.4. The molecule has 94 valence electrons. The summed E-state index contributed by atoms with van der Waals surface area (Å²) in [4.78, 5) is 16.5. The molecule has 2 N–H and O–H groups in total. The van der Waals surface area contributed by atoms with Crippen molar-refractivity contribution in [2.24, 2.45) is 5.92 Å². The van der Waals surface area contributed by atoms with Gasteiger partial charge in [0.05, 0.1) is 11.6 Å². The fourth-order valence-electron chi connectivity index (χ4n) is 2.19. The lowest BCUT2D eigenvalue weighted by Gasteiger charge is -2.26. The van der Waals surface area contributed by atoms with Gasteiger partial charge in [0.15, 0.2) is 5.13 Å². The minimum Gasteiger partial charge on any atom is -0.481 e. The number of hydrogen-bond donors (Lipinski definition) is 2. The number of hydrogen-bond acceptors (Lipinski definition) is 4. The van der Waals surface area contributed by atoms with Crippen LogP contribution in [-0.2, 0) is 4.79 Å². The smallest absolute Gasteiger partial charge is 0.306 e. The average molecular weight is 254 g/mol. The number of rotatable bonds is 3. The molecule has 0 aromatic carbocycles. The highest BCUT2D eigenvalue weighted by molar-refractivity contribution is 7.15. The van der Waals surface area contributed by atoms with Crippen molar-refractivity contribution in [3.63, 3.8) is 0 Å². The molecule has 2 rings (SSSR count). The Bertz CT molecular complexity index is 389. The normalized spacial score (nSPS) is 24.6. The molecule has 0 radical (unpaired) electrons. The predicted octanol–water partition coefficient (Wildman–Crippen LogP) is 2.82. The summed E-state index contributed by atoms with van der Waals surface area (Å²) in [6, 6.07) is 0.385. The van der Waals surface area contributed by atoms with Gasteiger partial charge < -0.3 is 10.4 Å². The highest BCUT2D eigenvalue weighted by Gasteiger charge is 2.26. The van der Waals surface area contributed by atoms with Crippen LogP contribution in [0.1, 0.15) is 36.3 Å². The van der Waals surface area contributed by atoms with E-state index in [2.05, 4.69) is 17.2 Å². The maximum absolute atomic E-state index is 10.8. The fourth-order valence-corrected chi connectivity index (χ4v) is 3.09. The minimum atomic E-state index is -0.649. The summed E-state index contributed by atoms with van der Waals surface area (Å²) in [5.74, 6) is -0.794. The van der Waals surface area contributed by atoms with E-state index in [1.54, 1.807) is 11.3 Å². The number of aryl methyl sites for hydroxylation is 2. The number of thiazole rings is 1. The third kappa shape index (κ3) is 2.97. The van der Waals surface area contributed by atoms with Crippen molar-refractivity contribution >= 4 is 22.4 Å². The fraction of sp³-hybridized carbons (Fsp3) is 0.667. The standard InChI is InChI=1S/C12H18N2O2S/c1-7-8(2)17-12(13-7)14-10-5-3-9(4-6-10)11(15)16/h9-10H,3-6H2,1-2H3,(H,13,14)(H,15,16). The monoisotopic (exact) mass is 254 g/mol. The zero-order valence-corrected chi connectivity index (χ0v) is 11.0. The zero-order valence-electron chi connectivity index (χ0n) is 10.2. The molecule has 0 atom stereocenters. The number of aliphatic carboxylic acids is 1. The number of aromatic nitrogens is 1. The summed E-state index contributed by atoms with van der Waals surface area (Å²) in [6.45, 7) is 4.08. The van der Waals surface area contributed by atoms with Crippen LogP contribution in [0.15, 0.2) is 0 Å². The van der Waals surface area contributed by atoms with Crippen LogP contribution < -0.4 is 5.32 Å². The molecule has 1 heterocycles. The molecule has 0 aliphatic heterocycles. The Labute approximate surface area is 105 Å². The van der Waals surface area contributed by atoms with Gasteiger partial charge in [-0.05, 0) is 39.5 Å². The van der Waals surface area contributed by atoms with Crippen LogP contribution >= 0.6 is 11.3 Å². The molecule has 1 fully saturated rings. The van der Waals surface area contributed by atoms with E-state index in [-0.39, 0.29) is 5.92 Å².